The van der Waals surface area contributed by atoms with E-state index in [1.165, 1.54) is 13.2 Å². The Bertz CT molecular complexity index is 236. The van der Waals surface area contributed by atoms with Gasteiger partial charge in [-0.05, 0) is 18.6 Å². The fraction of sp³-hybridized carbons (Fsp3) is 0.222. The van der Waals surface area contributed by atoms with E-state index in [9.17, 15) is 4.79 Å². The van der Waals surface area contributed by atoms with E-state index in [-0.39, 0.29) is 0 Å². The first kappa shape index (κ1) is 10.5. The normalized spacial score (nSPS) is 11.7. The molecule has 0 amide bonds. The monoisotopic (exact) mass is 168 g/mol. The molecule has 0 aromatic heterocycles. The van der Waals surface area contributed by atoms with Gasteiger partial charge in [-0.2, -0.15) is 0 Å². The Morgan fingerprint density at radius 1 is 1.50 bits per heavy atom. The lowest BCUT2D eigenvalue weighted by Crippen LogP contribution is -1.86. The molecule has 0 aliphatic carbocycles. The van der Waals surface area contributed by atoms with Crippen LogP contribution in [-0.4, -0.2) is 18.2 Å². The first-order valence-corrected chi connectivity index (χ1v) is 3.38. The largest absolute Gasteiger partial charge is 0.497 e. The van der Waals surface area contributed by atoms with Crippen LogP contribution in [0.2, 0.25) is 0 Å². The van der Waals surface area contributed by atoms with Crippen molar-refractivity contribution in [3.63, 3.8) is 0 Å². The number of rotatable bonds is 4. The molecule has 0 heterocycles. The molecule has 0 bridgehead atoms. The Kier molecular flexibility index (Phi) is 4.53. The van der Waals surface area contributed by atoms with E-state index in [0.29, 0.717) is 5.76 Å². The molecule has 0 saturated heterocycles. The van der Waals surface area contributed by atoms with Crippen molar-refractivity contribution in [3.8, 4) is 0 Å². The van der Waals surface area contributed by atoms with Crippen molar-refractivity contribution in [1.82, 2.24) is 0 Å². The molecular weight excluding hydrogens is 156 g/mol. The van der Waals surface area contributed by atoms with Crippen molar-refractivity contribution < 1.29 is 14.6 Å². The van der Waals surface area contributed by atoms with Gasteiger partial charge in [0.2, 0.25) is 0 Å². The van der Waals surface area contributed by atoms with Gasteiger partial charge >= 0.3 is 5.97 Å². The van der Waals surface area contributed by atoms with Crippen LogP contribution < -0.4 is 0 Å². The summed E-state index contributed by atoms with van der Waals surface area (Å²) in [4.78, 5) is 10.1. The van der Waals surface area contributed by atoms with Gasteiger partial charge in [-0.25, -0.2) is 4.79 Å². The third-order valence-electron chi connectivity index (χ3n) is 1.14. The Morgan fingerprint density at radius 3 is 2.50 bits per heavy atom. The fourth-order valence-corrected chi connectivity index (χ4v) is 0.564. The second-order valence-electron chi connectivity index (χ2n) is 2.23. The van der Waals surface area contributed by atoms with Gasteiger partial charge in [-0.15, -0.1) is 0 Å². The predicted molar refractivity (Wildman–Crippen MR) is 46.7 cm³/mol. The Labute approximate surface area is 71.7 Å². The van der Waals surface area contributed by atoms with E-state index in [2.05, 4.69) is 6.58 Å². The van der Waals surface area contributed by atoms with Crippen LogP contribution in [0.15, 0.2) is 36.1 Å². The highest BCUT2D eigenvalue weighted by molar-refractivity contribution is 5.80. The van der Waals surface area contributed by atoms with E-state index >= 15 is 0 Å². The number of carbonyl (C=O) groups is 1. The first-order chi connectivity index (χ1) is 5.56. The molecule has 66 valence electrons. The van der Waals surface area contributed by atoms with Crippen molar-refractivity contribution >= 4 is 5.97 Å². The third kappa shape index (κ3) is 5.29. The van der Waals surface area contributed by atoms with Gasteiger partial charge < -0.3 is 9.84 Å². The summed E-state index contributed by atoms with van der Waals surface area (Å²) in [5.41, 5.74) is 0.782. The molecule has 0 aromatic carbocycles. The highest BCUT2D eigenvalue weighted by atomic mass is 16.5. The van der Waals surface area contributed by atoms with Crippen LogP contribution in [0, 0.1) is 0 Å². The van der Waals surface area contributed by atoms with Crippen LogP contribution in [0.5, 0.6) is 0 Å². The Morgan fingerprint density at radius 2 is 2.08 bits per heavy atom. The molecule has 1 N–H and O–H groups in total. The summed E-state index contributed by atoms with van der Waals surface area (Å²) in [6.45, 7) is 5.33. The van der Waals surface area contributed by atoms with Gasteiger partial charge in [0.05, 0.1) is 7.11 Å². The van der Waals surface area contributed by atoms with E-state index in [1.54, 1.807) is 13.0 Å². The third-order valence-corrected chi connectivity index (χ3v) is 1.14. The van der Waals surface area contributed by atoms with Gasteiger partial charge in [0.25, 0.3) is 0 Å². The van der Waals surface area contributed by atoms with E-state index in [4.69, 9.17) is 9.84 Å². The molecule has 12 heavy (non-hydrogen) atoms. The van der Waals surface area contributed by atoms with Crippen LogP contribution in [0.1, 0.15) is 6.92 Å². The van der Waals surface area contributed by atoms with Crippen molar-refractivity contribution in [1.29, 1.82) is 0 Å². The van der Waals surface area contributed by atoms with Gasteiger partial charge in [0.15, 0.2) is 0 Å². The van der Waals surface area contributed by atoms with Crippen LogP contribution in [0.4, 0.5) is 0 Å². The number of hydrogen-bond donors (Lipinski definition) is 1. The van der Waals surface area contributed by atoms with Crippen molar-refractivity contribution in [2.24, 2.45) is 0 Å². The molecule has 0 aliphatic rings. The quantitative estimate of drug-likeness (QED) is 0.395. The van der Waals surface area contributed by atoms with Crippen LogP contribution in [0.25, 0.3) is 0 Å². The smallest absolute Gasteiger partial charge is 0.328 e. The summed E-state index contributed by atoms with van der Waals surface area (Å²) in [7, 11) is 1.51. The molecule has 0 saturated carbocycles. The van der Waals surface area contributed by atoms with Gasteiger partial charge in [-0.3, -0.25) is 0 Å². The van der Waals surface area contributed by atoms with E-state index in [0.717, 1.165) is 11.6 Å². The second kappa shape index (κ2) is 5.18. The lowest BCUT2D eigenvalue weighted by Gasteiger charge is -1.96. The average molecular weight is 168 g/mol. The summed E-state index contributed by atoms with van der Waals surface area (Å²) < 4.78 is 4.78. The minimum Gasteiger partial charge on any atom is -0.497 e. The second-order valence-corrected chi connectivity index (χ2v) is 2.23. The molecule has 3 nitrogen and oxygen atoms in total. The molecule has 3 heteroatoms. The standard InChI is InChI=1S/C9H12O3/c1-7(4-5-9(10)11)6-8(2)12-3/h4-6H,2H2,1,3H3,(H,10,11). The summed E-state index contributed by atoms with van der Waals surface area (Å²) >= 11 is 0. The number of aliphatic carboxylic acids is 1. The van der Waals surface area contributed by atoms with E-state index in [1.807, 2.05) is 0 Å². The molecule has 0 spiro atoms. The Balaban J connectivity index is 4.20. The zero-order valence-electron chi connectivity index (χ0n) is 7.20. The molecule has 0 atom stereocenters. The van der Waals surface area contributed by atoms with Crippen LogP contribution in [-0.2, 0) is 9.53 Å². The van der Waals surface area contributed by atoms with Gasteiger partial charge in [0, 0.05) is 6.08 Å². The number of hydrogen-bond acceptors (Lipinski definition) is 2. The summed E-state index contributed by atoms with van der Waals surface area (Å²) in [5, 5.41) is 8.29. The van der Waals surface area contributed by atoms with Crippen LogP contribution in [0.3, 0.4) is 0 Å². The zero-order chi connectivity index (χ0) is 9.56. The number of ether oxygens (including phenoxy) is 1. The average Bonchev–Trinajstić information content (AvgIpc) is 2.00. The maximum Gasteiger partial charge on any atom is 0.328 e. The predicted octanol–water partition coefficient (Wildman–Crippen LogP) is 1.73. The topological polar surface area (TPSA) is 46.5 Å². The van der Waals surface area contributed by atoms with Crippen LogP contribution >= 0.6 is 0 Å². The fourth-order valence-electron chi connectivity index (χ4n) is 0.564. The SMILES string of the molecule is C=C(C=C(C)C=CC(=O)O)OC. The molecule has 0 rings (SSSR count). The number of carboxylic acids is 1. The number of carboxylic acid groups (broad SMARTS) is 1. The minimum absolute atomic E-state index is 0.502. The molecule has 0 radical (unpaired) electrons. The summed E-state index contributed by atoms with van der Waals surface area (Å²) in [6.07, 6.45) is 4.20. The number of methoxy groups -OCH3 is 1. The molecular formula is C9H12O3. The maximum atomic E-state index is 10.1. The molecule has 0 fully saturated rings. The molecule has 0 aliphatic heterocycles. The Hall–Kier alpha value is -1.51. The van der Waals surface area contributed by atoms with Gasteiger partial charge in [0.1, 0.15) is 5.76 Å². The lowest BCUT2D eigenvalue weighted by atomic mass is 10.2. The number of allylic oxidation sites excluding steroid dienone is 3. The molecule has 0 aromatic rings. The maximum absolute atomic E-state index is 10.1. The summed E-state index contributed by atoms with van der Waals surface area (Å²) in [5.74, 6) is -0.465. The molecule has 0 unspecified atom stereocenters. The minimum atomic E-state index is -0.967. The van der Waals surface area contributed by atoms with Crippen molar-refractivity contribution in [2.75, 3.05) is 7.11 Å². The first-order valence-electron chi connectivity index (χ1n) is 3.38. The summed E-state index contributed by atoms with van der Waals surface area (Å²) in [6, 6.07) is 0. The van der Waals surface area contributed by atoms with E-state index < -0.39 is 5.97 Å². The lowest BCUT2D eigenvalue weighted by molar-refractivity contribution is -0.131. The highest BCUT2D eigenvalue weighted by Crippen LogP contribution is 2.01. The van der Waals surface area contributed by atoms with Gasteiger partial charge in [-0.1, -0.05) is 12.7 Å². The zero-order valence-corrected chi connectivity index (χ0v) is 7.20. The highest BCUT2D eigenvalue weighted by Gasteiger charge is 1.88. The van der Waals surface area contributed by atoms with Crippen molar-refractivity contribution in [2.45, 2.75) is 6.92 Å². The van der Waals surface area contributed by atoms with Crippen molar-refractivity contribution in [3.05, 3.63) is 36.1 Å².